The van der Waals surface area contributed by atoms with Crippen LogP contribution in [0.4, 0.5) is 0 Å². The zero-order valence-electron chi connectivity index (χ0n) is 7.73. The van der Waals surface area contributed by atoms with E-state index >= 15 is 0 Å². The van der Waals surface area contributed by atoms with Crippen LogP contribution in [0.1, 0.15) is 12.8 Å². The summed E-state index contributed by atoms with van der Waals surface area (Å²) in [4.78, 5) is 22.4. The Morgan fingerprint density at radius 2 is 2.43 bits per heavy atom. The molecule has 0 N–H and O–H groups in total. The molecule has 1 heterocycles. The van der Waals surface area contributed by atoms with Crippen molar-refractivity contribution in [1.29, 1.82) is 0 Å². The van der Waals surface area contributed by atoms with E-state index in [0.29, 0.717) is 5.19 Å². The van der Waals surface area contributed by atoms with Crippen LogP contribution in [0, 0.1) is 5.92 Å². The van der Waals surface area contributed by atoms with Crippen LogP contribution in [-0.2, 0) is 11.3 Å². The average molecular weight is 214 g/mol. The number of nitrogens with zero attached hydrogens (tertiary/aromatic N) is 2. The number of rotatable bonds is 4. The smallest absolute Gasteiger partial charge is 0.328 e. The Kier molecular flexibility index (Phi) is 2.37. The van der Waals surface area contributed by atoms with Gasteiger partial charge in [-0.15, -0.1) is 5.10 Å². The quantitative estimate of drug-likeness (QED) is 0.723. The standard InChI is InChI=1S/C8H10N2O3S/c1-13-7-9-10(8(12)14-7)4-6(11)5-2-3-5/h5H,2-4H2,1H3. The van der Waals surface area contributed by atoms with E-state index in [1.807, 2.05) is 0 Å². The molecule has 1 saturated carbocycles. The molecule has 1 aromatic rings. The molecule has 0 atom stereocenters. The number of carbonyl (C=O) groups excluding carboxylic acids is 1. The minimum absolute atomic E-state index is 0.0867. The first kappa shape index (κ1) is 9.39. The summed E-state index contributed by atoms with van der Waals surface area (Å²) in [6, 6.07) is 0. The molecule has 0 aromatic carbocycles. The van der Waals surface area contributed by atoms with E-state index in [0.717, 1.165) is 24.2 Å². The van der Waals surface area contributed by atoms with Gasteiger partial charge in [-0.2, -0.15) is 0 Å². The Balaban J connectivity index is 2.11. The van der Waals surface area contributed by atoms with Gasteiger partial charge in [-0.25, -0.2) is 4.68 Å². The predicted octanol–water partition coefficient (Wildman–Crippen LogP) is 0.292. The fourth-order valence-corrected chi connectivity index (χ4v) is 1.73. The molecule has 0 bridgehead atoms. The number of carbonyl (C=O) groups is 1. The van der Waals surface area contributed by atoms with Gasteiger partial charge in [0.15, 0.2) is 5.78 Å². The monoisotopic (exact) mass is 214 g/mol. The number of ether oxygens (including phenoxy) is 1. The van der Waals surface area contributed by atoms with Crippen LogP contribution in [0.15, 0.2) is 4.79 Å². The van der Waals surface area contributed by atoms with Crippen molar-refractivity contribution < 1.29 is 9.53 Å². The lowest BCUT2D eigenvalue weighted by Crippen LogP contribution is -2.21. The lowest BCUT2D eigenvalue weighted by atomic mass is 10.3. The molecule has 1 aliphatic rings. The number of aromatic nitrogens is 2. The molecule has 14 heavy (non-hydrogen) atoms. The molecule has 76 valence electrons. The van der Waals surface area contributed by atoms with Crippen LogP contribution in [0.3, 0.4) is 0 Å². The first-order valence-electron chi connectivity index (χ1n) is 4.35. The Morgan fingerprint density at radius 1 is 1.71 bits per heavy atom. The number of Topliss-reactive ketones (excluding diaryl/α,β-unsaturated/α-hetero) is 1. The maximum Gasteiger partial charge on any atom is 0.328 e. The molecule has 0 radical (unpaired) electrons. The van der Waals surface area contributed by atoms with E-state index in [1.54, 1.807) is 0 Å². The normalized spacial score (nSPS) is 15.5. The summed E-state index contributed by atoms with van der Waals surface area (Å²) < 4.78 is 5.98. The summed E-state index contributed by atoms with van der Waals surface area (Å²) in [5.74, 6) is 0.259. The zero-order valence-corrected chi connectivity index (χ0v) is 8.54. The minimum Gasteiger partial charge on any atom is -0.472 e. The zero-order chi connectivity index (χ0) is 10.1. The molecule has 0 saturated heterocycles. The highest BCUT2D eigenvalue weighted by Crippen LogP contribution is 2.30. The van der Waals surface area contributed by atoms with Crippen molar-refractivity contribution in [3.05, 3.63) is 9.67 Å². The first-order chi connectivity index (χ1) is 6.70. The summed E-state index contributed by atoms with van der Waals surface area (Å²) in [7, 11) is 1.45. The van der Waals surface area contributed by atoms with Gasteiger partial charge in [0, 0.05) is 5.92 Å². The number of ketones is 1. The van der Waals surface area contributed by atoms with Crippen molar-refractivity contribution in [2.75, 3.05) is 7.11 Å². The first-order valence-corrected chi connectivity index (χ1v) is 5.17. The maximum absolute atomic E-state index is 11.4. The van der Waals surface area contributed by atoms with Gasteiger partial charge < -0.3 is 4.74 Å². The third-order valence-electron chi connectivity index (χ3n) is 2.10. The molecule has 1 aromatic heterocycles. The van der Waals surface area contributed by atoms with E-state index in [4.69, 9.17) is 4.74 Å². The summed E-state index contributed by atoms with van der Waals surface area (Å²) in [6.07, 6.45) is 1.91. The van der Waals surface area contributed by atoms with Crippen molar-refractivity contribution in [1.82, 2.24) is 9.78 Å². The van der Waals surface area contributed by atoms with E-state index in [2.05, 4.69) is 5.10 Å². The van der Waals surface area contributed by atoms with Crippen molar-refractivity contribution in [3.8, 4) is 5.19 Å². The molecular formula is C8H10N2O3S. The van der Waals surface area contributed by atoms with Gasteiger partial charge in [-0.05, 0) is 24.2 Å². The van der Waals surface area contributed by atoms with E-state index in [9.17, 15) is 9.59 Å². The van der Waals surface area contributed by atoms with E-state index < -0.39 is 0 Å². The highest BCUT2D eigenvalue weighted by molar-refractivity contribution is 7.10. The van der Waals surface area contributed by atoms with E-state index in [1.165, 1.54) is 11.8 Å². The third kappa shape index (κ3) is 1.84. The van der Waals surface area contributed by atoms with Crippen LogP contribution < -0.4 is 9.61 Å². The van der Waals surface area contributed by atoms with Gasteiger partial charge in [-0.3, -0.25) is 9.59 Å². The molecule has 0 amide bonds. The van der Waals surface area contributed by atoms with E-state index in [-0.39, 0.29) is 23.1 Å². The Labute approximate surface area is 84.3 Å². The number of methoxy groups -OCH3 is 1. The molecule has 0 spiro atoms. The molecule has 0 aliphatic heterocycles. The van der Waals surface area contributed by atoms with Crippen molar-refractivity contribution in [2.45, 2.75) is 19.4 Å². The maximum atomic E-state index is 11.4. The molecule has 2 rings (SSSR count). The van der Waals surface area contributed by atoms with Gasteiger partial charge >= 0.3 is 4.87 Å². The lowest BCUT2D eigenvalue weighted by molar-refractivity contribution is -0.121. The molecule has 6 heteroatoms. The molecule has 0 unspecified atom stereocenters. The SMILES string of the molecule is COc1nn(CC(=O)C2CC2)c(=O)s1. The average Bonchev–Trinajstić information content (AvgIpc) is 2.94. The second-order valence-corrected chi connectivity index (χ2v) is 4.14. The summed E-state index contributed by atoms with van der Waals surface area (Å²) in [6.45, 7) is 0.0867. The highest BCUT2D eigenvalue weighted by atomic mass is 32.1. The van der Waals surface area contributed by atoms with Crippen LogP contribution in [-0.4, -0.2) is 22.7 Å². The van der Waals surface area contributed by atoms with Crippen molar-refractivity contribution >= 4 is 17.1 Å². The van der Waals surface area contributed by atoms with Crippen LogP contribution in [0.25, 0.3) is 0 Å². The Morgan fingerprint density at radius 3 is 2.93 bits per heavy atom. The van der Waals surface area contributed by atoms with Crippen LogP contribution in [0.2, 0.25) is 0 Å². The van der Waals surface area contributed by atoms with Gasteiger partial charge in [0.05, 0.1) is 7.11 Å². The fraction of sp³-hybridized carbons (Fsp3) is 0.625. The van der Waals surface area contributed by atoms with Gasteiger partial charge in [-0.1, -0.05) is 0 Å². The summed E-state index contributed by atoms with van der Waals surface area (Å²) in [5.41, 5.74) is 0. The van der Waals surface area contributed by atoms with Gasteiger partial charge in [0.2, 0.25) is 0 Å². The Hall–Kier alpha value is -1.17. The Bertz CT molecular complexity index is 405. The minimum atomic E-state index is -0.240. The van der Waals surface area contributed by atoms with Crippen molar-refractivity contribution in [3.63, 3.8) is 0 Å². The van der Waals surface area contributed by atoms with Gasteiger partial charge in [0.25, 0.3) is 5.19 Å². The topological polar surface area (TPSA) is 61.2 Å². The molecule has 1 fully saturated rings. The van der Waals surface area contributed by atoms with Crippen LogP contribution in [0.5, 0.6) is 5.19 Å². The van der Waals surface area contributed by atoms with Gasteiger partial charge in [0.1, 0.15) is 6.54 Å². The summed E-state index contributed by atoms with van der Waals surface area (Å²) >= 11 is 0.910. The molecular weight excluding hydrogens is 204 g/mol. The number of hydrogen-bond donors (Lipinski definition) is 0. The summed E-state index contributed by atoms with van der Waals surface area (Å²) in [5, 5.41) is 4.16. The predicted molar refractivity (Wildman–Crippen MR) is 50.7 cm³/mol. The molecule has 5 nitrogen and oxygen atoms in total. The van der Waals surface area contributed by atoms with Crippen molar-refractivity contribution in [2.24, 2.45) is 5.92 Å². The third-order valence-corrected chi connectivity index (χ3v) is 2.91. The molecule has 1 aliphatic carbocycles. The second-order valence-electron chi connectivity index (χ2n) is 3.24. The second kappa shape index (κ2) is 3.53. The lowest BCUT2D eigenvalue weighted by Gasteiger charge is -1.96. The fourth-order valence-electron chi connectivity index (χ4n) is 1.15. The number of hydrogen-bond acceptors (Lipinski definition) is 5. The van der Waals surface area contributed by atoms with Crippen LogP contribution >= 0.6 is 11.3 Å². The highest BCUT2D eigenvalue weighted by Gasteiger charge is 2.30. The largest absolute Gasteiger partial charge is 0.472 e.